The van der Waals surface area contributed by atoms with E-state index in [1.807, 2.05) is 18.2 Å². The first-order chi connectivity index (χ1) is 11.2. The summed E-state index contributed by atoms with van der Waals surface area (Å²) in [6.07, 6.45) is 2.21. The third kappa shape index (κ3) is 4.17. The summed E-state index contributed by atoms with van der Waals surface area (Å²) in [6, 6.07) is 16.9. The highest BCUT2D eigenvalue weighted by Gasteiger charge is 2.27. The Hall–Kier alpha value is -2.20. The number of nitrogens with one attached hydrogen (secondary N) is 1. The maximum absolute atomic E-state index is 12.9. The van der Waals surface area contributed by atoms with Crippen LogP contribution in [-0.4, -0.2) is 23.9 Å². The maximum Gasteiger partial charge on any atom is 0.234 e. The van der Waals surface area contributed by atoms with E-state index in [9.17, 15) is 9.18 Å². The highest BCUT2D eigenvalue weighted by atomic mass is 19.1. The van der Waals surface area contributed by atoms with Gasteiger partial charge in [0.25, 0.3) is 0 Å². The summed E-state index contributed by atoms with van der Waals surface area (Å²) in [4.78, 5) is 14.4. The maximum atomic E-state index is 12.9. The van der Waals surface area contributed by atoms with Crippen molar-refractivity contribution < 1.29 is 9.18 Å². The van der Waals surface area contributed by atoms with Gasteiger partial charge in [0.15, 0.2) is 0 Å². The third-order valence-corrected chi connectivity index (χ3v) is 4.30. The minimum absolute atomic E-state index is 0.0113. The molecule has 0 saturated carbocycles. The predicted octanol–water partition coefficient (Wildman–Crippen LogP) is 3.28. The molecule has 0 aromatic heterocycles. The lowest BCUT2D eigenvalue weighted by atomic mass is 10.0. The third-order valence-electron chi connectivity index (χ3n) is 4.30. The van der Waals surface area contributed by atoms with Gasteiger partial charge in [0, 0.05) is 12.6 Å². The van der Waals surface area contributed by atoms with Crippen LogP contribution in [0.25, 0.3) is 0 Å². The van der Waals surface area contributed by atoms with Gasteiger partial charge < -0.3 is 5.32 Å². The van der Waals surface area contributed by atoms with Crippen LogP contribution in [-0.2, 0) is 11.3 Å². The number of carbonyl (C=O) groups excluding carboxylic acids is 1. The molecule has 1 aliphatic rings. The van der Waals surface area contributed by atoms with Crippen LogP contribution in [0.2, 0.25) is 0 Å². The van der Waals surface area contributed by atoms with Crippen LogP contribution in [0.1, 0.15) is 30.0 Å². The second kappa shape index (κ2) is 7.38. The molecule has 1 atom stereocenters. The Morgan fingerprint density at radius 3 is 2.61 bits per heavy atom. The topological polar surface area (TPSA) is 32.3 Å². The lowest BCUT2D eigenvalue weighted by Gasteiger charge is -2.24. The van der Waals surface area contributed by atoms with E-state index in [-0.39, 0.29) is 11.7 Å². The molecular formula is C19H21FN2O. The zero-order chi connectivity index (χ0) is 16.1. The molecule has 2 aromatic rings. The quantitative estimate of drug-likeness (QED) is 0.919. The van der Waals surface area contributed by atoms with Crippen molar-refractivity contribution in [3.63, 3.8) is 0 Å². The molecular weight excluding hydrogens is 291 g/mol. The van der Waals surface area contributed by atoms with Crippen molar-refractivity contribution in [1.82, 2.24) is 10.2 Å². The molecule has 0 bridgehead atoms. The number of rotatable bonds is 5. The number of likely N-dealkylation sites (tertiary alicyclic amines) is 1. The van der Waals surface area contributed by atoms with Crippen molar-refractivity contribution in [1.29, 1.82) is 0 Å². The summed E-state index contributed by atoms with van der Waals surface area (Å²) in [5, 5.41) is 2.91. The van der Waals surface area contributed by atoms with Crippen molar-refractivity contribution in [2.24, 2.45) is 0 Å². The summed E-state index contributed by atoms with van der Waals surface area (Å²) in [5.41, 5.74) is 2.18. The molecule has 1 heterocycles. The molecule has 120 valence electrons. The predicted molar refractivity (Wildman–Crippen MR) is 88.2 cm³/mol. The van der Waals surface area contributed by atoms with Crippen LogP contribution >= 0.6 is 0 Å². The van der Waals surface area contributed by atoms with E-state index in [0.717, 1.165) is 24.9 Å². The molecule has 0 radical (unpaired) electrons. The minimum Gasteiger partial charge on any atom is -0.351 e. The number of halogens is 1. The molecule has 1 fully saturated rings. The van der Waals surface area contributed by atoms with Gasteiger partial charge in [0.1, 0.15) is 5.82 Å². The SMILES string of the molecule is O=C(CN1CCC[C@@H]1c1ccccc1)NCc1ccc(F)cc1. The van der Waals surface area contributed by atoms with E-state index in [1.54, 1.807) is 12.1 Å². The van der Waals surface area contributed by atoms with E-state index in [2.05, 4.69) is 22.3 Å². The Morgan fingerprint density at radius 2 is 1.87 bits per heavy atom. The molecule has 4 heteroatoms. The monoisotopic (exact) mass is 312 g/mol. The van der Waals surface area contributed by atoms with Gasteiger partial charge in [-0.3, -0.25) is 9.69 Å². The van der Waals surface area contributed by atoms with Crippen molar-refractivity contribution in [2.75, 3.05) is 13.1 Å². The highest BCUT2D eigenvalue weighted by molar-refractivity contribution is 5.78. The normalized spacial score (nSPS) is 18.0. The van der Waals surface area contributed by atoms with Crippen molar-refractivity contribution in [3.8, 4) is 0 Å². The van der Waals surface area contributed by atoms with Crippen LogP contribution in [0, 0.1) is 5.82 Å². The second-order valence-electron chi connectivity index (χ2n) is 5.94. The second-order valence-corrected chi connectivity index (χ2v) is 5.94. The van der Waals surface area contributed by atoms with Crippen LogP contribution in [0.4, 0.5) is 4.39 Å². The summed E-state index contributed by atoms with van der Waals surface area (Å²) in [5.74, 6) is -0.250. The molecule has 1 N–H and O–H groups in total. The molecule has 1 aliphatic heterocycles. The van der Waals surface area contributed by atoms with Crippen LogP contribution in [0.3, 0.4) is 0 Å². The smallest absolute Gasteiger partial charge is 0.234 e. The van der Waals surface area contributed by atoms with Crippen LogP contribution in [0.15, 0.2) is 54.6 Å². The molecule has 23 heavy (non-hydrogen) atoms. The average Bonchev–Trinajstić information content (AvgIpc) is 3.03. The summed E-state index contributed by atoms with van der Waals surface area (Å²) < 4.78 is 12.9. The number of hydrogen-bond donors (Lipinski definition) is 1. The average molecular weight is 312 g/mol. The van der Waals surface area contributed by atoms with Gasteiger partial charge in [0.05, 0.1) is 6.54 Å². The van der Waals surface area contributed by atoms with E-state index in [4.69, 9.17) is 0 Å². The molecule has 1 saturated heterocycles. The first-order valence-electron chi connectivity index (χ1n) is 8.02. The molecule has 0 aliphatic carbocycles. The number of nitrogens with zero attached hydrogens (tertiary/aromatic N) is 1. The van der Waals surface area contributed by atoms with Gasteiger partial charge in [-0.05, 0) is 42.6 Å². The van der Waals surface area contributed by atoms with E-state index < -0.39 is 0 Å². The lowest BCUT2D eigenvalue weighted by molar-refractivity contribution is -0.122. The fraction of sp³-hybridized carbons (Fsp3) is 0.316. The molecule has 0 spiro atoms. The number of carbonyl (C=O) groups is 1. The van der Waals surface area contributed by atoms with Crippen molar-refractivity contribution >= 4 is 5.91 Å². The summed E-state index contributed by atoms with van der Waals surface area (Å²) >= 11 is 0. The van der Waals surface area contributed by atoms with Crippen molar-refractivity contribution in [2.45, 2.75) is 25.4 Å². The van der Waals surface area contributed by atoms with E-state index in [0.29, 0.717) is 19.1 Å². The number of hydrogen-bond acceptors (Lipinski definition) is 2. The van der Waals surface area contributed by atoms with Gasteiger partial charge >= 0.3 is 0 Å². The van der Waals surface area contributed by atoms with Gasteiger partial charge in [-0.15, -0.1) is 0 Å². The van der Waals surface area contributed by atoms with Gasteiger partial charge in [-0.25, -0.2) is 4.39 Å². The van der Waals surface area contributed by atoms with E-state index >= 15 is 0 Å². The first kappa shape index (κ1) is 15.7. The minimum atomic E-state index is -0.261. The zero-order valence-corrected chi connectivity index (χ0v) is 13.0. The fourth-order valence-electron chi connectivity index (χ4n) is 3.11. The van der Waals surface area contributed by atoms with Gasteiger partial charge in [0.2, 0.25) is 5.91 Å². The zero-order valence-electron chi connectivity index (χ0n) is 13.0. The summed E-state index contributed by atoms with van der Waals surface area (Å²) in [6.45, 7) is 1.78. The molecule has 2 aromatic carbocycles. The Balaban J connectivity index is 1.53. The number of amides is 1. The summed E-state index contributed by atoms with van der Waals surface area (Å²) in [7, 11) is 0. The Labute approximate surface area is 136 Å². The highest BCUT2D eigenvalue weighted by Crippen LogP contribution is 2.31. The Kier molecular flexibility index (Phi) is 5.03. The van der Waals surface area contributed by atoms with Gasteiger partial charge in [-0.2, -0.15) is 0 Å². The van der Waals surface area contributed by atoms with Crippen LogP contribution < -0.4 is 5.32 Å². The van der Waals surface area contributed by atoms with E-state index in [1.165, 1.54) is 17.7 Å². The number of benzene rings is 2. The Morgan fingerprint density at radius 1 is 1.13 bits per heavy atom. The Bertz CT molecular complexity index is 642. The molecule has 3 rings (SSSR count). The fourth-order valence-corrected chi connectivity index (χ4v) is 3.11. The molecule has 1 amide bonds. The first-order valence-corrected chi connectivity index (χ1v) is 8.02. The molecule has 0 unspecified atom stereocenters. The molecule has 3 nitrogen and oxygen atoms in total. The lowest BCUT2D eigenvalue weighted by Crippen LogP contribution is -2.36. The standard InChI is InChI=1S/C19H21FN2O/c20-17-10-8-15(9-11-17)13-21-19(23)14-22-12-4-7-18(22)16-5-2-1-3-6-16/h1-3,5-6,8-11,18H,4,7,12-14H2,(H,21,23)/t18-/m1/s1. The van der Waals surface area contributed by atoms with Crippen molar-refractivity contribution in [3.05, 3.63) is 71.5 Å². The van der Waals surface area contributed by atoms with Gasteiger partial charge in [-0.1, -0.05) is 42.5 Å². The largest absolute Gasteiger partial charge is 0.351 e. The van der Waals surface area contributed by atoms with Crippen LogP contribution in [0.5, 0.6) is 0 Å².